The zero-order chi connectivity index (χ0) is 28.7. The van der Waals surface area contributed by atoms with Gasteiger partial charge in [0.25, 0.3) is 10.0 Å². The second-order valence-corrected chi connectivity index (χ2v) is 12.1. The van der Waals surface area contributed by atoms with Gasteiger partial charge < -0.3 is 10.2 Å². The van der Waals surface area contributed by atoms with E-state index in [0.717, 1.165) is 53.2 Å². The zero-order valence-corrected chi connectivity index (χ0v) is 23.7. The van der Waals surface area contributed by atoms with Gasteiger partial charge in [-0.05, 0) is 68.1 Å². The number of rotatable bonds is 11. The molecule has 1 saturated carbocycles. The Bertz CT molecular complexity index is 1390. The molecular formula is C31H36FN3O4S. The number of anilines is 1. The molecule has 0 aliphatic heterocycles. The molecule has 0 aromatic heterocycles. The van der Waals surface area contributed by atoms with Gasteiger partial charge in [-0.15, -0.1) is 0 Å². The van der Waals surface area contributed by atoms with Crippen molar-refractivity contribution in [1.29, 1.82) is 0 Å². The van der Waals surface area contributed by atoms with Gasteiger partial charge in [-0.1, -0.05) is 67.8 Å². The van der Waals surface area contributed by atoms with Crippen molar-refractivity contribution in [2.24, 2.45) is 0 Å². The van der Waals surface area contributed by atoms with Crippen molar-refractivity contribution in [2.45, 2.75) is 69.5 Å². The van der Waals surface area contributed by atoms with Crippen LogP contribution in [0, 0.1) is 12.7 Å². The van der Waals surface area contributed by atoms with Crippen LogP contribution in [0.4, 0.5) is 10.1 Å². The lowest BCUT2D eigenvalue weighted by Gasteiger charge is -2.33. The van der Waals surface area contributed by atoms with Crippen molar-refractivity contribution in [2.75, 3.05) is 10.8 Å². The summed E-state index contributed by atoms with van der Waals surface area (Å²) in [6.45, 7) is 3.27. The van der Waals surface area contributed by atoms with Gasteiger partial charge in [0.2, 0.25) is 11.8 Å². The number of hydrogen-bond acceptors (Lipinski definition) is 4. The molecule has 3 aromatic carbocycles. The first-order valence-electron chi connectivity index (χ1n) is 13.7. The number of benzene rings is 3. The minimum absolute atomic E-state index is 0.0100. The smallest absolute Gasteiger partial charge is 0.264 e. The number of carbonyl (C=O) groups excluding carboxylic acids is 2. The Labute approximate surface area is 236 Å². The summed E-state index contributed by atoms with van der Waals surface area (Å²) in [6.07, 6.45) is 4.28. The molecule has 0 spiro atoms. The first kappa shape index (κ1) is 29.3. The highest BCUT2D eigenvalue weighted by atomic mass is 32.2. The maximum absolute atomic E-state index is 14.0. The molecule has 0 radical (unpaired) electrons. The lowest BCUT2D eigenvalue weighted by molar-refractivity contribution is -0.140. The van der Waals surface area contributed by atoms with Gasteiger partial charge in [0.1, 0.15) is 18.4 Å². The van der Waals surface area contributed by atoms with Crippen molar-refractivity contribution in [1.82, 2.24) is 10.2 Å². The molecule has 3 aromatic rings. The number of nitrogens with zero attached hydrogens (tertiary/aromatic N) is 2. The minimum atomic E-state index is -4.19. The van der Waals surface area contributed by atoms with Crippen LogP contribution in [-0.4, -0.2) is 43.8 Å². The quantitative estimate of drug-likeness (QED) is 0.347. The highest BCUT2D eigenvalue weighted by Gasteiger charge is 2.34. The molecule has 1 aliphatic rings. The summed E-state index contributed by atoms with van der Waals surface area (Å²) in [4.78, 5) is 28.9. The molecule has 0 bridgehead atoms. The van der Waals surface area contributed by atoms with Crippen LogP contribution in [-0.2, 0) is 26.2 Å². The van der Waals surface area contributed by atoms with E-state index in [4.69, 9.17) is 0 Å². The van der Waals surface area contributed by atoms with Gasteiger partial charge in [0.05, 0.1) is 10.6 Å². The number of amides is 2. The van der Waals surface area contributed by atoms with E-state index in [0.29, 0.717) is 6.42 Å². The van der Waals surface area contributed by atoms with Crippen molar-refractivity contribution in [3.05, 3.63) is 95.8 Å². The van der Waals surface area contributed by atoms with Crippen LogP contribution in [0.1, 0.15) is 50.2 Å². The molecule has 2 amide bonds. The predicted molar refractivity (Wildman–Crippen MR) is 154 cm³/mol. The third-order valence-corrected chi connectivity index (χ3v) is 9.07. The van der Waals surface area contributed by atoms with Crippen molar-refractivity contribution in [3.63, 3.8) is 0 Å². The Hall–Kier alpha value is -3.72. The average molecular weight is 566 g/mol. The second kappa shape index (κ2) is 13.1. The van der Waals surface area contributed by atoms with E-state index in [1.54, 1.807) is 12.1 Å². The topological polar surface area (TPSA) is 86.8 Å². The molecule has 9 heteroatoms. The zero-order valence-electron chi connectivity index (χ0n) is 22.9. The molecule has 7 nitrogen and oxygen atoms in total. The monoisotopic (exact) mass is 565 g/mol. The number of carbonyl (C=O) groups is 2. The molecule has 0 heterocycles. The number of halogens is 1. The summed E-state index contributed by atoms with van der Waals surface area (Å²) in [5.41, 5.74) is 1.85. The van der Waals surface area contributed by atoms with E-state index in [2.05, 4.69) is 5.32 Å². The van der Waals surface area contributed by atoms with Gasteiger partial charge in [-0.25, -0.2) is 12.8 Å². The van der Waals surface area contributed by atoms with Crippen LogP contribution in [0.5, 0.6) is 0 Å². The fraction of sp³-hybridized carbons (Fsp3) is 0.355. The van der Waals surface area contributed by atoms with Crippen LogP contribution in [0.15, 0.2) is 83.8 Å². The Morgan fingerprint density at radius 1 is 0.950 bits per heavy atom. The minimum Gasteiger partial charge on any atom is -0.352 e. The van der Waals surface area contributed by atoms with Crippen LogP contribution in [0.2, 0.25) is 0 Å². The summed E-state index contributed by atoms with van der Waals surface area (Å²) in [5.74, 6) is -1.30. The lowest BCUT2D eigenvalue weighted by atomic mass is 10.1. The molecule has 1 unspecified atom stereocenters. The molecule has 40 heavy (non-hydrogen) atoms. The summed E-state index contributed by atoms with van der Waals surface area (Å²) < 4.78 is 42.4. The van der Waals surface area contributed by atoms with Crippen LogP contribution in [0.25, 0.3) is 0 Å². The SMILES string of the molecule is CCC(C(=O)NC1CCCC1)N(Cc1ccccc1)C(=O)CN(c1ccc(F)cc1)S(=O)(=O)c1ccc(C)cc1. The standard InChI is InChI=1S/C31H36FN3O4S/c1-3-29(31(37)33-26-11-7-8-12-26)34(21-24-9-5-4-6-10-24)30(36)22-35(27-17-15-25(32)16-18-27)40(38,39)28-19-13-23(2)14-20-28/h4-6,9-10,13-20,26,29H,3,7-8,11-12,21-22H2,1-2H3,(H,33,37). The highest BCUT2D eigenvalue weighted by Crippen LogP contribution is 2.26. The van der Waals surface area contributed by atoms with Crippen molar-refractivity contribution < 1.29 is 22.4 Å². The summed E-state index contributed by atoms with van der Waals surface area (Å²) in [5, 5.41) is 3.10. The fourth-order valence-corrected chi connectivity index (χ4v) is 6.45. The van der Waals surface area contributed by atoms with Gasteiger partial charge in [0, 0.05) is 12.6 Å². The van der Waals surface area contributed by atoms with Crippen LogP contribution >= 0.6 is 0 Å². The average Bonchev–Trinajstić information content (AvgIpc) is 3.46. The van der Waals surface area contributed by atoms with E-state index in [1.807, 2.05) is 44.2 Å². The summed E-state index contributed by atoms with van der Waals surface area (Å²) in [7, 11) is -4.19. The maximum atomic E-state index is 14.0. The van der Waals surface area contributed by atoms with E-state index in [9.17, 15) is 22.4 Å². The summed E-state index contributed by atoms with van der Waals surface area (Å²) in [6, 6.07) is 19.9. The normalized spacial score (nSPS) is 14.5. The third kappa shape index (κ3) is 7.07. The first-order chi connectivity index (χ1) is 19.2. The van der Waals surface area contributed by atoms with E-state index in [1.165, 1.54) is 29.2 Å². The van der Waals surface area contributed by atoms with Crippen LogP contribution < -0.4 is 9.62 Å². The Morgan fingerprint density at radius 3 is 2.17 bits per heavy atom. The van der Waals surface area contributed by atoms with E-state index < -0.39 is 34.3 Å². The van der Waals surface area contributed by atoms with E-state index >= 15 is 0 Å². The molecular weight excluding hydrogens is 529 g/mol. The van der Waals surface area contributed by atoms with Gasteiger partial charge >= 0.3 is 0 Å². The number of aryl methyl sites for hydroxylation is 1. The molecule has 4 rings (SSSR count). The molecule has 1 atom stereocenters. The molecule has 212 valence electrons. The fourth-order valence-electron chi connectivity index (χ4n) is 5.04. The van der Waals surface area contributed by atoms with E-state index in [-0.39, 0.29) is 29.1 Å². The van der Waals surface area contributed by atoms with Crippen molar-refractivity contribution >= 4 is 27.5 Å². The Balaban J connectivity index is 1.69. The number of hydrogen-bond donors (Lipinski definition) is 1. The Morgan fingerprint density at radius 2 is 1.57 bits per heavy atom. The van der Waals surface area contributed by atoms with Gasteiger partial charge in [-0.2, -0.15) is 0 Å². The first-order valence-corrected chi connectivity index (χ1v) is 15.1. The second-order valence-electron chi connectivity index (χ2n) is 10.2. The number of sulfonamides is 1. The van der Waals surface area contributed by atoms with Crippen LogP contribution in [0.3, 0.4) is 0 Å². The third-order valence-electron chi connectivity index (χ3n) is 7.29. The summed E-state index contributed by atoms with van der Waals surface area (Å²) >= 11 is 0. The molecule has 1 N–H and O–H groups in total. The maximum Gasteiger partial charge on any atom is 0.264 e. The van der Waals surface area contributed by atoms with Gasteiger partial charge in [0.15, 0.2) is 0 Å². The molecule has 1 fully saturated rings. The molecule has 0 saturated heterocycles. The number of nitrogens with one attached hydrogen (secondary N) is 1. The largest absolute Gasteiger partial charge is 0.352 e. The highest BCUT2D eigenvalue weighted by molar-refractivity contribution is 7.92. The lowest BCUT2D eigenvalue weighted by Crippen LogP contribution is -2.53. The Kier molecular flexibility index (Phi) is 9.58. The van der Waals surface area contributed by atoms with Gasteiger partial charge in [-0.3, -0.25) is 13.9 Å². The molecule has 1 aliphatic carbocycles. The van der Waals surface area contributed by atoms with Crippen molar-refractivity contribution in [3.8, 4) is 0 Å². The predicted octanol–water partition coefficient (Wildman–Crippen LogP) is 5.20.